The van der Waals surface area contributed by atoms with Crippen molar-refractivity contribution in [1.29, 1.82) is 0 Å². The smallest absolute Gasteiger partial charge is 0.248 e. The Morgan fingerprint density at radius 1 is 1.00 bits per heavy atom. The Labute approximate surface area is 224 Å². The number of pyridine rings is 1. The van der Waals surface area contributed by atoms with E-state index in [9.17, 15) is 26.4 Å². The summed E-state index contributed by atoms with van der Waals surface area (Å²) < 4.78 is 70.3. The van der Waals surface area contributed by atoms with Crippen LogP contribution in [0.2, 0.25) is 0 Å². The summed E-state index contributed by atoms with van der Waals surface area (Å²) in [6, 6.07) is 11.0. The van der Waals surface area contributed by atoms with Crippen molar-refractivity contribution in [3.63, 3.8) is 0 Å². The first-order valence-corrected chi connectivity index (χ1v) is 14.8. The van der Waals surface area contributed by atoms with Crippen LogP contribution in [0.15, 0.2) is 60.4 Å². The number of carbonyl (C=O) groups is 1. The molecule has 0 saturated heterocycles. The molecule has 3 aliphatic carbocycles. The summed E-state index contributed by atoms with van der Waals surface area (Å²) in [7, 11) is -3.75. The van der Waals surface area contributed by atoms with Crippen molar-refractivity contribution in [3.05, 3.63) is 83.2 Å². The van der Waals surface area contributed by atoms with E-state index in [4.69, 9.17) is 0 Å². The van der Waals surface area contributed by atoms with Gasteiger partial charge in [0.1, 0.15) is 11.5 Å². The van der Waals surface area contributed by atoms with E-state index in [0.717, 1.165) is 16.8 Å². The number of benzene rings is 1. The van der Waals surface area contributed by atoms with E-state index in [1.807, 2.05) is 6.08 Å². The maximum Gasteiger partial charge on any atom is 0.248 e. The number of fused-ring (bicyclic) bond motifs is 2. The lowest BCUT2D eigenvalue weighted by Crippen LogP contribution is -2.48. The molecule has 0 radical (unpaired) electrons. The second kappa shape index (κ2) is 9.43. The number of nitrogens with zero attached hydrogens (tertiary/aromatic N) is 3. The molecule has 0 aliphatic heterocycles. The van der Waals surface area contributed by atoms with Gasteiger partial charge in [-0.1, -0.05) is 11.6 Å². The maximum absolute atomic E-state index is 14.1. The van der Waals surface area contributed by atoms with Crippen LogP contribution < -0.4 is 0 Å². The molecule has 0 bridgehead atoms. The molecule has 0 unspecified atom stereocenters. The number of aromatic nitrogens is 3. The van der Waals surface area contributed by atoms with Crippen molar-refractivity contribution < 1.29 is 26.4 Å². The Balaban J connectivity index is 1.39. The Bertz CT molecular complexity index is 1540. The van der Waals surface area contributed by atoms with Crippen LogP contribution in [-0.2, 0) is 16.3 Å². The van der Waals surface area contributed by atoms with Gasteiger partial charge in [-0.2, -0.15) is 5.10 Å². The van der Waals surface area contributed by atoms with Crippen molar-refractivity contribution in [2.45, 2.75) is 67.8 Å². The van der Waals surface area contributed by atoms with Gasteiger partial charge in [-0.25, -0.2) is 26.3 Å². The van der Waals surface area contributed by atoms with E-state index in [1.165, 1.54) is 18.3 Å². The standard InChI is InChI=1S/C29H28F3N3O3S/c30-21-5-7-22(8-6-21)35-26-15-20-4-9-24(39(37,38)23-10-12-29(31,32)13-11-23)17-28(20,16-19(26)18-34-35)27(36)25-3-1-2-14-33-25/h1-3,5-8,14-15,18,23-24H,4,9-13,16-17H2/t24-,28-/m0/s1. The molecule has 2 aromatic heterocycles. The van der Waals surface area contributed by atoms with Gasteiger partial charge in [0.25, 0.3) is 0 Å². The molecule has 0 amide bonds. The minimum atomic E-state index is -3.75. The summed E-state index contributed by atoms with van der Waals surface area (Å²) in [4.78, 5) is 18.4. The average molecular weight is 556 g/mol. The topological polar surface area (TPSA) is 81.9 Å². The number of halogens is 3. The fourth-order valence-corrected chi connectivity index (χ4v) is 8.89. The number of rotatable bonds is 5. The highest BCUT2D eigenvalue weighted by Gasteiger charge is 2.53. The minimum Gasteiger partial charge on any atom is -0.291 e. The fraction of sp³-hybridized carbons (Fsp3) is 0.414. The molecule has 3 aromatic rings. The van der Waals surface area contributed by atoms with Crippen LogP contribution in [0, 0.1) is 11.2 Å². The molecular formula is C29H28F3N3O3S. The van der Waals surface area contributed by atoms with E-state index in [1.54, 1.807) is 41.2 Å². The van der Waals surface area contributed by atoms with Crippen molar-refractivity contribution in [2.24, 2.45) is 5.41 Å². The van der Waals surface area contributed by atoms with Gasteiger partial charge < -0.3 is 0 Å². The number of hydrogen-bond donors (Lipinski definition) is 0. The van der Waals surface area contributed by atoms with Crippen molar-refractivity contribution in [2.75, 3.05) is 0 Å². The van der Waals surface area contributed by atoms with Gasteiger partial charge in [0.2, 0.25) is 5.92 Å². The Morgan fingerprint density at radius 2 is 1.74 bits per heavy atom. The number of allylic oxidation sites excluding steroid dienone is 1. The number of hydrogen-bond acceptors (Lipinski definition) is 5. The molecule has 2 heterocycles. The highest BCUT2D eigenvalue weighted by molar-refractivity contribution is 7.92. The molecule has 2 fully saturated rings. The lowest BCUT2D eigenvalue weighted by Gasteiger charge is -2.44. The third-order valence-electron chi connectivity index (χ3n) is 8.61. The number of alkyl halides is 2. The lowest BCUT2D eigenvalue weighted by molar-refractivity contribution is -0.0329. The van der Waals surface area contributed by atoms with E-state index in [0.29, 0.717) is 18.5 Å². The number of carbonyl (C=O) groups excluding carboxylic acids is 1. The van der Waals surface area contributed by atoms with Crippen molar-refractivity contribution in [1.82, 2.24) is 14.8 Å². The number of ketones is 1. The van der Waals surface area contributed by atoms with Crippen LogP contribution >= 0.6 is 0 Å². The van der Waals surface area contributed by atoms with Crippen LogP contribution in [0.5, 0.6) is 0 Å². The van der Waals surface area contributed by atoms with Crippen molar-refractivity contribution in [3.8, 4) is 5.69 Å². The number of sulfone groups is 1. The van der Waals surface area contributed by atoms with Crippen LogP contribution in [0.1, 0.15) is 66.7 Å². The van der Waals surface area contributed by atoms with Crippen LogP contribution in [0.25, 0.3) is 11.8 Å². The van der Waals surface area contributed by atoms with Gasteiger partial charge in [0.15, 0.2) is 15.6 Å². The van der Waals surface area contributed by atoms with Gasteiger partial charge >= 0.3 is 0 Å². The molecule has 2 saturated carbocycles. The molecular weight excluding hydrogens is 527 g/mol. The van der Waals surface area contributed by atoms with Gasteiger partial charge in [0.05, 0.1) is 33.5 Å². The molecule has 3 aliphatic rings. The Morgan fingerprint density at radius 3 is 2.44 bits per heavy atom. The molecule has 0 N–H and O–H groups in total. The van der Waals surface area contributed by atoms with Gasteiger partial charge in [-0.05, 0) is 86.6 Å². The maximum atomic E-state index is 14.1. The highest BCUT2D eigenvalue weighted by Crippen LogP contribution is 2.52. The number of Topliss-reactive ketones (excluding diaryl/α,β-unsaturated/α-hetero) is 1. The first-order chi connectivity index (χ1) is 18.6. The predicted octanol–water partition coefficient (Wildman–Crippen LogP) is 5.76. The predicted molar refractivity (Wildman–Crippen MR) is 140 cm³/mol. The van der Waals surface area contributed by atoms with Crippen molar-refractivity contribution >= 4 is 21.7 Å². The quantitative estimate of drug-likeness (QED) is 0.374. The van der Waals surface area contributed by atoms with Crippen LogP contribution in [0.3, 0.4) is 0 Å². The Kier molecular flexibility index (Phi) is 6.28. The minimum absolute atomic E-state index is 0.0652. The second-order valence-corrected chi connectivity index (χ2v) is 13.4. The van der Waals surface area contributed by atoms with E-state index < -0.39 is 44.5 Å². The third kappa shape index (κ3) is 4.52. The molecule has 1 aromatic carbocycles. The summed E-state index contributed by atoms with van der Waals surface area (Å²) in [5, 5.41) is 2.87. The molecule has 10 heteroatoms. The van der Waals surface area contributed by atoms with E-state index in [2.05, 4.69) is 10.1 Å². The first-order valence-electron chi connectivity index (χ1n) is 13.2. The zero-order valence-electron chi connectivity index (χ0n) is 21.2. The fourth-order valence-electron chi connectivity index (χ4n) is 6.49. The summed E-state index contributed by atoms with van der Waals surface area (Å²) in [6.07, 6.45) is 5.14. The van der Waals surface area contributed by atoms with Gasteiger partial charge in [-0.3, -0.25) is 9.78 Å². The SMILES string of the molecule is O=C(c1ccccn1)[C@]12Cc3cnn(-c4ccc(F)cc4)c3C=C1CC[C@H](S(=O)(=O)C1CCC(F)(F)CC1)C2. The zero-order valence-corrected chi connectivity index (χ0v) is 22.0. The highest BCUT2D eigenvalue weighted by atomic mass is 32.2. The summed E-state index contributed by atoms with van der Waals surface area (Å²) >= 11 is 0. The molecule has 2 atom stereocenters. The molecule has 6 nitrogen and oxygen atoms in total. The Hall–Kier alpha value is -3.27. The summed E-state index contributed by atoms with van der Waals surface area (Å²) in [6.45, 7) is 0. The van der Waals surface area contributed by atoms with Gasteiger partial charge in [0, 0.05) is 19.0 Å². The third-order valence-corrected chi connectivity index (χ3v) is 11.3. The average Bonchev–Trinajstić information content (AvgIpc) is 3.34. The largest absolute Gasteiger partial charge is 0.291 e. The van der Waals surface area contributed by atoms with Gasteiger partial charge in [-0.15, -0.1) is 0 Å². The normalized spacial score (nSPS) is 24.9. The zero-order chi connectivity index (χ0) is 27.4. The second-order valence-electron chi connectivity index (χ2n) is 10.9. The summed E-state index contributed by atoms with van der Waals surface area (Å²) in [5.74, 6) is -3.43. The van der Waals surface area contributed by atoms with E-state index in [-0.39, 0.29) is 43.0 Å². The lowest BCUT2D eigenvalue weighted by atomic mass is 9.61. The summed E-state index contributed by atoms with van der Waals surface area (Å²) in [5.41, 5.74) is 2.17. The van der Waals surface area contributed by atoms with E-state index >= 15 is 0 Å². The molecule has 6 rings (SSSR count). The van der Waals surface area contributed by atoms with Crippen LogP contribution in [-0.4, -0.2) is 45.4 Å². The monoisotopic (exact) mass is 555 g/mol. The first kappa shape index (κ1) is 26.0. The molecule has 0 spiro atoms. The van der Waals surface area contributed by atoms with Crippen LogP contribution in [0.4, 0.5) is 13.2 Å². The molecule has 204 valence electrons. The molecule has 39 heavy (non-hydrogen) atoms.